The summed E-state index contributed by atoms with van der Waals surface area (Å²) in [6.45, 7) is 28.8. The molecule has 0 aromatic rings. The molecule has 0 aliphatic carbocycles. The number of alkyl halides is 1. The van der Waals surface area contributed by atoms with E-state index in [9.17, 15) is 4.39 Å². The highest BCUT2D eigenvalue weighted by atomic mass is 19.1. The van der Waals surface area contributed by atoms with Crippen LogP contribution in [0.1, 0.15) is 74.7 Å². The van der Waals surface area contributed by atoms with Crippen LogP contribution in [-0.4, -0.2) is 107 Å². The molecule has 0 N–H and O–H groups in total. The number of likely N-dealkylation sites (tertiary alicyclic amines) is 2. The zero-order valence-electron chi connectivity index (χ0n) is 25.6. The number of nitrogens with zero attached hydrogens (tertiary/aromatic N) is 2. The molecule has 4 fully saturated rings. The summed E-state index contributed by atoms with van der Waals surface area (Å²) in [6, 6.07) is 0. The highest BCUT2D eigenvalue weighted by Gasteiger charge is 2.25. The second-order valence-electron chi connectivity index (χ2n) is 12.7. The third kappa shape index (κ3) is 19.4. The summed E-state index contributed by atoms with van der Waals surface area (Å²) >= 11 is 0. The maximum atomic E-state index is 12.2. The lowest BCUT2D eigenvalue weighted by atomic mass is 10.1. The van der Waals surface area contributed by atoms with E-state index in [4.69, 9.17) is 18.9 Å². The zero-order valence-corrected chi connectivity index (χ0v) is 25.6. The maximum absolute atomic E-state index is 12.2. The molecule has 37 heavy (non-hydrogen) atoms. The van der Waals surface area contributed by atoms with Crippen LogP contribution in [0.25, 0.3) is 0 Å². The van der Waals surface area contributed by atoms with Crippen LogP contribution in [0, 0.1) is 23.7 Å². The Bertz CT molecular complexity index is 490. The molecule has 0 saturated carbocycles. The molecule has 7 heteroatoms. The Morgan fingerprint density at radius 1 is 0.622 bits per heavy atom. The molecule has 0 radical (unpaired) electrons. The summed E-state index contributed by atoms with van der Waals surface area (Å²) in [7, 11) is 0. The topological polar surface area (TPSA) is 43.4 Å². The Hall–Kier alpha value is -0.310. The Morgan fingerprint density at radius 3 is 1.30 bits per heavy atom. The third-order valence-electron chi connectivity index (χ3n) is 6.35. The molecular formula is C30H61FN2O4. The highest BCUT2D eigenvalue weighted by Crippen LogP contribution is 2.13. The summed E-state index contributed by atoms with van der Waals surface area (Å²) in [5.74, 6) is 2.96. The fourth-order valence-corrected chi connectivity index (χ4v) is 4.65. The van der Waals surface area contributed by atoms with Gasteiger partial charge in [0.25, 0.3) is 0 Å². The fourth-order valence-electron chi connectivity index (χ4n) is 4.65. The lowest BCUT2D eigenvalue weighted by Crippen LogP contribution is -2.49. The molecule has 4 saturated heterocycles. The number of hydrogen-bond acceptors (Lipinski definition) is 6. The van der Waals surface area contributed by atoms with Crippen LogP contribution in [0.3, 0.4) is 0 Å². The van der Waals surface area contributed by atoms with Gasteiger partial charge >= 0.3 is 0 Å². The average molecular weight is 533 g/mol. The van der Waals surface area contributed by atoms with Gasteiger partial charge in [-0.05, 0) is 56.0 Å². The molecular weight excluding hydrogens is 471 g/mol. The quantitative estimate of drug-likeness (QED) is 0.409. The van der Waals surface area contributed by atoms with Gasteiger partial charge in [-0.1, -0.05) is 55.4 Å². The Balaban J connectivity index is 0.000000248. The molecule has 0 unspecified atom stereocenters. The molecule has 4 rings (SSSR count). The van der Waals surface area contributed by atoms with E-state index in [0.29, 0.717) is 43.1 Å². The second kappa shape index (κ2) is 20.6. The van der Waals surface area contributed by atoms with Crippen molar-refractivity contribution in [2.24, 2.45) is 23.7 Å². The minimum atomic E-state index is -0.538. The fraction of sp³-hybridized carbons (Fsp3) is 1.00. The standard InChI is InChI=1S/2C8H16O2.C7H14FN.C7H15N/c2*1-7(2)5-8-6-9-3-4-10-8;1-6(2)3-9-4-7(8)5-9;1-7(2)6-8-4-3-5-8/h2*7-8H,3-6H2,1-2H3;6-7H,3-5H2,1-2H3;7H,3-6H2,1-2H3/t2*8-;;/m10../s1. The van der Waals surface area contributed by atoms with Gasteiger partial charge in [0.1, 0.15) is 6.17 Å². The van der Waals surface area contributed by atoms with Crippen molar-refractivity contribution in [3.8, 4) is 0 Å². The first-order valence-corrected chi connectivity index (χ1v) is 15.0. The largest absolute Gasteiger partial charge is 0.376 e. The summed E-state index contributed by atoms with van der Waals surface area (Å²) in [5.41, 5.74) is 0. The SMILES string of the molecule is CC(C)CN1CC(F)C1.CC(C)CN1CCC1.CC(C)C[C@@H]1COCCO1.CC(C)C[C@H]1COCCO1. The first-order chi connectivity index (χ1) is 17.5. The smallest absolute Gasteiger partial charge is 0.125 e. The maximum Gasteiger partial charge on any atom is 0.125 e. The van der Waals surface area contributed by atoms with E-state index in [2.05, 4.69) is 65.2 Å². The molecule has 0 spiro atoms. The molecule has 0 aromatic heterocycles. The molecule has 222 valence electrons. The lowest BCUT2D eigenvalue weighted by Gasteiger charge is -2.35. The molecule has 4 aliphatic heterocycles. The Morgan fingerprint density at radius 2 is 1.05 bits per heavy atom. The van der Waals surface area contributed by atoms with E-state index in [1.54, 1.807) is 0 Å². The van der Waals surface area contributed by atoms with Crippen molar-refractivity contribution in [1.82, 2.24) is 9.80 Å². The summed E-state index contributed by atoms with van der Waals surface area (Å²) in [5, 5.41) is 0. The van der Waals surface area contributed by atoms with Crippen molar-refractivity contribution >= 4 is 0 Å². The van der Waals surface area contributed by atoms with Gasteiger partial charge in [-0.3, -0.25) is 4.90 Å². The molecule has 0 amide bonds. The number of ether oxygens (including phenoxy) is 4. The minimum Gasteiger partial charge on any atom is -0.376 e. The van der Waals surface area contributed by atoms with Crippen molar-refractivity contribution < 1.29 is 23.3 Å². The third-order valence-corrected chi connectivity index (χ3v) is 6.35. The summed E-state index contributed by atoms with van der Waals surface area (Å²) < 4.78 is 33.6. The lowest BCUT2D eigenvalue weighted by molar-refractivity contribution is -0.0944. The van der Waals surface area contributed by atoms with Gasteiger partial charge in [0, 0.05) is 26.2 Å². The summed E-state index contributed by atoms with van der Waals surface area (Å²) in [6.07, 6.45) is 3.85. The van der Waals surface area contributed by atoms with E-state index >= 15 is 0 Å². The predicted molar refractivity (Wildman–Crippen MR) is 152 cm³/mol. The molecule has 0 bridgehead atoms. The highest BCUT2D eigenvalue weighted by molar-refractivity contribution is 4.79. The van der Waals surface area contributed by atoms with E-state index < -0.39 is 6.17 Å². The van der Waals surface area contributed by atoms with Crippen molar-refractivity contribution in [3.63, 3.8) is 0 Å². The van der Waals surface area contributed by atoms with Gasteiger partial charge in [-0.15, -0.1) is 0 Å². The van der Waals surface area contributed by atoms with Crippen LogP contribution in [0.5, 0.6) is 0 Å². The summed E-state index contributed by atoms with van der Waals surface area (Å²) in [4.78, 5) is 4.65. The van der Waals surface area contributed by atoms with E-state index in [1.807, 2.05) is 0 Å². The Labute approximate surface area is 228 Å². The van der Waals surface area contributed by atoms with Gasteiger partial charge < -0.3 is 23.8 Å². The van der Waals surface area contributed by atoms with Crippen LogP contribution in [-0.2, 0) is 18.9 Å². The van der Waals surface area contributed by atoms with Gasteiger partial charge in [-0.25, -0.2) is 4.39 Å². The van der Waals surface area contributed by atoms with Crippen molar-refractivity contribution in [1.29, 1.82) is 0 Å². The van der Waals surface area contributed by atoms with E-state index in [0.717, 1.165) is 64.9 Å². The predicted octanol–water partition coefficient (Wildman–Crippen LogP) is 5.54. The van der Waals surface area contributed by atoms with Crippen molar-refractivity contribution in [2.45, 2.75) is 93.0 Å². The van der Waals surface area contributed by atoms with Crippen molar-refractivity contribution in [3.05, 3.63) is 0 Å². The number of rotatable bonds is 8. The molecule has 2 atom stereocenters. The van der Waals surface area contributed by atoms with Crippen molar-refractivity contribution in [2.75, 3.05) is 78.9 Å². The van der Waals surface area contributed by atoms with Crippen LogP contribution in [0.15, 0.2) is 0 Å². The van der Waals surface area contributed by atoms with Gasteiger partial charge in [-0.2, -0.15) is 0 Å². The zero-order chi connectivity index (χ0) is 27.6. The number of hydrogen-bond donors (Lipinski definition) is 0. The molecule has 4 heterocycles. The first-order valence-electron chi connectivity index (χ1n) is 15.0. The molecule has 4 aliphatic rings. The van der Waals surface area contributed by atoms with E-state index in [-0.39, 0.29) is 0 Å². The monoisotopic (exact) mass is 532 g/mol. The molecule has 0 aromatic carbocycles. The average Bonchev–Trinajstić information content (AvgIpc) is 2.77. The normalized spacial score (nSPS) is 24.9. The van der Waals surface area contributed by atoms with Crippen LogP contribution < -0.4 is 0 Å². The first kappa shape index (κ1) is 34.7. The van der Waals surface area contributed by atoms with E-state index in [1.165, 1.54) is 26.1 Å². The van der Waals surface area contributed by atoms with Gasteiger partial charge in [0.05, 0.1) is 51.8 Å². The second-order valence-corrected chi connectivity index (χ2v) is 12.7. The van der Waals surface area contributed by atoms with Crippen LogP contribution in [0.2, 0.25) is 0 Å². The van der Waals surface area contributed by atoms with Gasteiger partial charge in [0.15, 0.2) is 0 Å². The van der Waals surface area contributed by atoms with Gasteiger partial charge in [0.2, 0.25) is 0 Å². The number of halogens is 1. The van der Waals surface area contributed by atoms with Crippen LogP contribution >= 0.6 is 0 Å². The Kier molecular flexibility index (Phi) is 19.3. The molecule has 6 nitrogen and oxygen atoms in total. The minimum absolute atomic E-state index is 0.355. The van der Waals surface area contributed by atoms with Crippen LogP contribution in [0.4, 0.5) is 4.39 Å².